The molecule has 1 N–H and O–H groups in total. The molecule has 0 aliphatic carbocycles. The third kappa shape index (κ3) is 4.64. The summed E-state index contributed by atoms with van der Waals surface area (Å²) >= 11 is 1.06. The number of carbonyl (C=O) groups is 1. The first-order chi connectivity index (χ1) is 15.2. The Kier molecular flexibility index (Phi) is 5.70. The fourth-order valence-corrected chi connectivity index (χ4v) is 3.92. The molecule has 0 spiro atoms. The lowest BCUT2D eigenvalue weighted by Gasteiger charge is -2.18. The van der Waals surface area contributed by atoms with Crippen LogP contribution in [0.3, 0.4) is 0 Å². The summed E-state index contributed by atoms with van der Waals surface area (Å²) < 4.78 is 49.4. The Balaban J connectivity index is 1.52. The van der Waals surface area contributed by atoms with E-state index in [2.05, 4.69) is 10.3 Å². The number of alkyl halides is 3. The second-order valence-electron chi connectivity index (χ2n) is 6.73. The minimum absolute atomic E-state index is 0.154. The molecule has 0 radical (unpaired) electrons. The van der Waals surface area contributed by atoms with Crippen molar-refractivity contribution in [3.8, 4) is 11.5 Å². The fraction of sp³-hybridized carbons (Fsp3) is 0.200. The van der Waals surface area contributed by atoms with Gasteiger partial charge in [0.25, 0.3) is 11.6 Å². The van der Waals surface area contributed by atoms with Crippen LogP contribution in [0.5, 0.6) is 11.5 Å². The summed E-state index contributed by atoms with van der Waals surface area (Å²) in [5, 5.41) is 14.0. The highest BCUT2D eigenvalue weighted by molar-refractivity contribution is 7.15. The van der Waals surface area contributed by atoms with E-state index in [9.17, 15) is 28.1 Å². The molecular weight excluding hydrogens is 451 g/mol. The van der Waals surface area contributed by atoms with E-state index in [1.807, 2.05) is 0 Å². The molecule has 32 heavy (non-hydrogen) atoms. The molecule has 4 rings (SSSR count). The van der Waals surface area contributed by atoms with Crippen LogP contribution in [-0.2, 0) is 12.6 Å². The number of nitro groups is 1. The molecule has 12 heteroatoms. The number of thiazole rings is 1. The number of ether oxygens (including phenoxy) is 2. The first-order valence-electron chi connectivity index (χ1n) is 9.21. The Labute approximate surface area is 182 Å². The topological polar surface area (TPSA) is 104 Å². The van der Waals surface area contributed by atoms with E-state index >= 15 is 0 Å². The Bertz CT molecular complexity index is 1200. The third-order valence-corrected chi connectivity index (χ3v) is 5.42. The highest BCUT2D eigenvalue weighted by Gasteiger charge is 2.30. The quantitative estimate of drug-likeness (QED) is 0.433. The number of nitrogens with zero attached hydrogens (tertiary/aromatic N) is 2. The molecule has 0 saturated heterocycles. The van der Waals surface area contributed by atoms with Crippen LogP contribution < -0.4 is 14.8 Å². The van der Waals surface area contributed by atoms with Gasteiger partial charge >= 0.3 is 6.18 Å². The van der Waals surface area contributed by atoms with E-state index in [-0.39, 0.29) is 41.8 Å². The van der Waals surface area contributed by atoms with Crippen LogP contribution in [0.1, 0.15) is 26.4 Å². The number of benzene rings is 2. The standard InChI is InChI=1S/C20H14F3N3O5S/c21-20(22,23)12-3-1-2-11(6-12)7-13-10-24-19(32-13)25-18(27)14-8-16-17(31-5-4-30-16)9-15(14)26(28)29/h1-3,6,8-10H,4-5,7H2,(H,24,25,27). The van der Waals surface area contributed by atoms with Gasteiger partial charge in [0.05, 0.1) is 16.6 Å². The second kappa shape index (κ2) is 8.46. The van der Waals surface area contributed by atoms with Gasteiger partial charge in [0.1, 0.15) is 18.8 Å². The van der Waals surface area contributed by atoms with Crippen molar-refractivity contribution in [3.63, 3.8) is 0 Å². The van der Waals surface area contributed by atoms with Gasteiger partial charge in [0.15, 0.2) is 16.6 Å². The lowest BCUT2D eigenvalue weighted by atomic mass is 10.1. The number of aromatic nitrogens is 1. The minimum Gasteiger partial charge on any atom is -0.486 e. The predicted molar refractivity (Wildman–Crippen MR) is 108 cm³/mol. The van der Waals surface area contributed by atoms with Crippen LogP contribution in [0, 0.1) is 10.1 Å². The molecule has 3 aromatic rings. The molecular formula is C20H14F3N3O5S. The summed E-state index contributed by atoms with van der Waals surface area (Å²) in [6.07, 6.45) is -2.83. The summed E-state index contributed by atoms with van der Waals surface area (Å²) in [5.74, 6) is -0.373. The van der Waals surface area contributed by atoms with E-state index in [0.717, 1.165) is 29.5 Å². The predicted octanol–water partition coefficient (Wildman–Crippen LogP) is 4.68. The number of fused-ring (bicyclic) bond motifs is 1. The van der Waals surface area contributed by atoms with Crippen molar-refractivity contribution in [1.29, 1.82) is 0 Å². The van der Waals surface area contributed by atoms with Gasteiger partial charge in [-0.3, -0.25) is 20.2 Å². The molecule has 8 nitrogen and oxygen atoms in total. The smallest absolute Gasteiger partial charge is 0.416 e. The van der Waals surface area contributed by atoms with Gasteiger partial charge in [-0.25, -0.2) is 4.98 Å². The molecule has 1 amide bonds. The van der Waals surface area contributed by atoms with E-state index in [1.165, 1.54) is 18.3 Å². The summed E-state index contributed by atoms with van der Waals surface area (Å²) in [7, 11) is 0. The molecule has 0 fully saturated rings. The number of carbonyl (C=O) groups excluding carboxylic acids is 1. The van der Waals surface area contributed by atoms with Gasteiger partial charge in [0.2, 0.25) is 0 Å². The maximum atomic E-state index is 12.9. The highest BCUT2D eigenvalue weighted by atomic mass is 32.1. The maximum Gasteiger partial charge on any atom is 0.416 e. The van der Waals surface area contributed by atoms with Crippen LogP contribution in [-0.4, -0.2) is 29.0 Å². The van der Waals surface area contributed by atoms with Crippen molar-refractivity contribution in [3.05, 3.63) is 74.3 Å². The number of anilines is 1. The lowest BCUT2D eigenvalue weighted by Crippen LogP contribution is -2.18. The summed E-state index contributed by atoms with van der Waals surface area (Å²) in [5.41, 5.74) is -0.996. The van der Waals surface area contributed by atoms with Crippen molar-refractivity contribution >= 4 is 28.1 Å². The van der Waals surface area contributed by atoms with E-state index in [4.69, 9.17) is 9.47 Å². The lowest BCUT2D eigenvalue weighted by molar-refractivity contribution is -0.385. The highest BCUT2D eigenvalue weighted by Crippen LogP contribution is 2.37. The number of hydrogen-bond acceptors (Lipinski definition) is 7. The van der Waals surface area contributed by atoms with Gasteiger partial charge in [-0.05, 0) is 11.6 Å². The first-order valence-corrected chi connectivity index (χ1v) is 10.0. The van der Waals surface area contributed by atoms with E-state index in [1.54, 1.807) is 6.07 Å². The van der Waals surface area contributed by atoms with Gasteiger partial charge in [-0.15, -0.1) is 11.3 Å². The van der Waals surface area contributed by atoms with Crippen LogP contribution in [0.15, 0.2) is 42.6 Å². The number of nitrogens with one attached hydrogen (secondary N) is 1. The average molecular weight is 465 g/mol. The SMILES string of the molecule is O=C(Nc1ncc(Cc2cccc(C(F)(F)F)c2)s1)c1cc2c(cc1[N+](=O)[O-])OCCO2. The van der Waals surface area contributed by atoms with Crippen molar-refractivity contribution < 1.29 is 32.4 Å². The van der Waals surface area contributed by atoms with Gasteiger partial charge < -0.3 is 9.47 Å². The molecule has 2 heterocycles. The Morgan fingerprint density at radius 3 is 2.59 bits per heavy atom. The zero-order chi connectivity index (χ0) is 22.9. The van der Waals surface area contributed by atoms with Crippen LogP contribution in [0.4, 0.5) is 24.0 Å². The van der Waals surface area contributed by atoms with Gasteiger partial charge in [-0.1, -0.05) is 18.2 Å². The molecule has 0 bridgehead atoms. The van der Waals surface area contributed by atoms with E-state index in [0.29, 0.717) is 10.4 Å². The van der Waals surface area contributed by atoms with Crippen molar-refractivity contribution in [1.82, 2.24) is 4.98 Å². The zero-order valence-corrected chi connectivity index (χ0v) is 17.0. The first kappa shape index (κ1) is 21.6. The molecule has 0 saturated carbocycles. The Hall–Kier alpha value is -3.67. The van der Waals surface area contributed by atoms with Gasteiger partial charge in [-0.2, -0.15) is 13.2 Å². The van der Waals surface area contributed by atoms with Crippen molar-refractivity contribution in [2.75, 3.05) is 18.5 Å². The molecule has 0 unspecified atom stereocenters. The van der Waals surface area contributed by atoms with E-state index < -0.39 is 28.3 Å². The van der Waals surface area contributed by atoms with Crippen LogP contribution in [0.2, 0.25) is 0 Å². The number of halogens is 3. The number of nitro benzene ring substituents is 1. The molecule has 1 aromatic heterocycles. The maximum absolute atomic E-state index is 12.9. The molecule has 1 aliphatic rings. The summed E-state index contributed by atoms with van der Waals surface area (Å²) in [6.45, 7) is 0.487. The molecule has 0 atom stereocenters. The number of amides is 1. The monoisotopic (exact) mass is 465 g/mol. The number of hydrogen-bond donors (Lipinski definition) is 1. The normalized spacial score (nSPS) is 13.0. The van der Waals surface area contributed by atoms with Crippen LogP contribution in [0.25, 0.3) is 0 Å². The fourth-order valence-electron chi connectivity index (χ4n) is 3.08. The average Bonchev–Trinajstić information content (AvgIpc) is 3.18. The van der Waals surface area contributed by atoms with Crippen molar-refractivity contribution in [2.24, 2.45) is 0 Å². The Morgan fingerprint density at radius 1 is 1.19 bits per heavy atom. The minimum atomic E-state index is -4.44. The second-order valence-corrected chi connectivity index (χ2v) is 7.85. The largest absolute Gasteiger partial charge is 0.486 e. The molecule has 166 valence electrons. The third-order valence-electron chi connectivity index (χ3n) is 4.51. The summed E-state index contributed by atoms with van der Waals surface area (Å²) in [6, 6.07) is 7.29. The van der Waals surface area contributed by atoms with Crippen molar-refractivity contribution in [2.45, 2.75) is 12.6 Å². The zero-order valence-electron chi connectivity index (χ0n) is 16.1. The number of rotatable bonds is 5. The Morgan fingerprint density at radius 2 is 1.91 bits per heavy atom. The van der Waals surface area contributed by atoms with Gasteiger partial charge in [0, 0.05) is 23.6 Å². The molecule has 2 aromatic carbocycles. The van der Waals surface area contributed by atoms with Crippen LogP contribution >= 0.6 is 11.3 Å². The molecule has 1 aliphatic heterocycles. The summed E-state index contributed by atoms with van der Waals surface area (Å²) in [4.78, 5) is 28.0.